The van der Waals surface area contributed by atoms with Crippen molar-refractivity contribution < 1.29 is 19.4 Å². The number of alkyl carbamates (subject to hydrolysis) is 1. The van der Waals surface area contributed by atoms with Crippen LogP contribution in [-0.4, -0.2) is 29.8 Å². The van der Waals surface area contributed by atoms with E-state index in [1.807, 2.05) is 24.3 Å². The number of amides is 1. The maximum Gasteiger partial charge on any atom is 0.407 e. The molecular formula is C25H25NO4. The molecule has 30 heavy (non-hydrogen) atoms. The molecule has 2 N–H and O–H groups in total. The van der Waals surface area contributed by atoms with Gasteiger partial charge in [0, 0.05) is 11.3 Å². The lowest BCUT2D eigenvalue weighted by Gasteiger charge is -2.73. The van der Waals surface area contributed by atoms with Crippen LogP contribution in [0, 0.1) is 16.7 Å². The van der Waals surface area contributed by atoms with Crippen LogP contribution in [0.2, 0.25) is 0 Å². The van der Waals surface area contributed by atoms with Crippen LogP contribution in [0.4, 0.5) is 4.79 Å². The molecule has 2 bridgehead atoms. The summed E-state index contributed by atoms with van der Waals surface area (Å²) in [7, 11) is 0. The Kier molecular flexibility index (Phi) is 3.66. The summed E-state index contributed by atoms with van der Waals surface area (Å²) in [5.74, 6) is -0.185. The number of rotatable bonds is 6. The summed E-state index contributed by atoms with van der Waals surface area (Å²) in [5.41, 5.74) is 4.75. The first-order chi connectivity index (χ1) is 14.5. The first-order valence-corrected chi connectivity index (χ1v) is 10.9. The molecule has 0 saturated heterocycles. The summed E-state index contributed by atoms with van der Waals surface area (Å²) in [6.45, 7) is 0.200. The van der Waals surface area contributed by atoms with Crippen LogP contribution in [0.3, 0.4) is 0 Å². The van der Waals surface area contributed by atoms with Gasteiger partial charge in [-0.2, -0.15) is 0 Å². The minimum atomic E-state index is -0.951. The van der Waals surface area contributed by atoms with Crippen molar-refractivity contribution in [1.29, 1.82) is 0 Å². The third kappa shape index (κ3) is 2.47. The number of carbonyl (C=O) groups excluding carboxylic acids is 1. The highest BCUT2D eigenvalue weighted by atomic mass is 16.5. The Morgan fingerprint density at radius 2 is 1.57 bits per heavy atom. The molecule has 7 rings (SSSR count). The van der Waals surface area contributed by atoms with E-state index in [-0.39, 0.29) is 17.9 Å². The van der Waals surface area contributed by atoms with Gasteiger partial charge in [0.2, 0.25) is 0 Å². The molecule has 1 atom stereocenters. The highest BCUT2D eigenvalue weighted by Crippen LogP contribution is 2.80. The van der Waals surface area contributed by atoms with Crippen molar-refractivity contribution >= 4 is 12.1 Å². The van der Waals surface area contributed by atoms with Crippen LogP contribution in [0.15, 0.2) is 48.5 Å². The SMILES string of the molecule is O=C(NC(C(=O)O)C12CC(C3CC3)(C1)C2)OCC1c2ccccc2-c2ccccc21. The number of carboxylic acids is 1. The zero-order valence-corrected chi connectivity index (χ0v) is 16.8. The molecule has 0 aliphatic heterocycles. The molecule has 1 amide bonds. The van der Waals surface area contributed by atoms with Crippen LogP contribution in [0.1, 0.15) is 49.1 Å². The van der Waals surface area contributed by atoms with Crippen LogP contribution in [0.5, 0.6) is 0 Å². The van der Waals surface area contributed by atoms with Crippen LogP contribution < -0.4 is 5.32 Å². The number of hydrogen-bond acceptors (Lipinski definition) is 3. The Morgan fingerprint density at radius 3 is 2.10 bits per heavy atom. The van der Waals surface area contributed by atoms with Crippen molar-refractivity contribution in [3.05, 3.63) is 59.7 Å². The molecule has 5 aliphatic rings. The maximum absolute atomic E-state index is 12.6. The highest BCUT2D eigenvalue weighted by molar-refractivity contribution is 5.82. The molecule has 0 heterocycles. The van der Waals surface area contributed by atoms with Crippen molar-refractivity contribution in [3.63, 3.8) is 0 Å². The van der Waals surface area contributed by atoms with Gasteiger partial charge in [0.1, 0.15) is 12.6 Å². The number of hydrogen-bond donors (Lipinski definition) is 2. The molecule has 5 nitrogen and oxygen atoms in total. The fourth-order valence-electron chi connectivity index (χ4n) is 6.62. The van der Waals surface area contributed by atoms with Gasteiger partial charge in [0.25, 0.3) is 0 Å². The van der Waals surface area contributed by atoms with E-state index in [4.69, 9.17) is 4.74 Å². The topological polar surface area (TPSA) is 75.6 Å². The van der Waals surface area contributed by atoms with E-state index in [9.17, 15) is 14.7 Å². The molecule has 5 aliphatic carbocycles. The number of benzene rings is 2. The van der Waals surface area contributed by atoms with E-state index in [2.05, 4.69) is 29.6 Å². The first kappa shape index (κ1) is 18.0. The Hall–Kier alpha value is -2.82. The first-order valence-electron chi connectivity index (χ1n) is 10.9. The van der Waals surface area contributed by atoms with Crippen molar-refractivity contribution in [2.75, 3.05) is 6.61 Å². The van der Waals surface area contributed by atoms with E-state index >= 15 is 0 Å². The molecular weight excluding hydrogens is 378 g/mol. The molecule has 2 aromatic rings. The van der Waals surface area contributed by atoms with Gasteiger partial charge in [-0.1, -0.05) is 48.5 Å². The van der Waals surface area contributed by atoms with Gasteiger partial charge in [-0.05, 0) is 65.7 Å². The van der Waals surface area contributed by atoms with Gasteiger partial charge in [0.15, 0.2) is 0 Å². The van der Waals surface area contributed by atoms with Crippen molar-refractivity contribution in [2.24, 2.45) is 16.7 Å². The summed E-state index contributed by atoms with van der Waals surface area (Å²) in [6, 6.07) is 15.5. The van der Waals surface area contributed by atoms with Crippen LogP contribution in [-0.2, 0) is 9.53 Å². The lowest BCUT2D eigenvalue weighted by molar-refractivity contribution is -0.235. The summed E-state index contributed by atoms with van der Waals surface area (Å²) in [6.07, 6.45) is 4.75. The molecule has 0 aromatic heterocycles. The Morgan fingerprint density at radius 1 is 1.00 bits per heavy atom. The van der Waals surface area contributed by atoms with Gasteiger partial charge >= 0.3 is 12.1 Å². The summed E-state index contributed by atoms with van der Waals surface area (Å²) in [5, 5.41) is 12.4. The van der Waals surface area contributed by atoms with E-state index in [0.29, 0.717) is 5.41 Å². The highest BCUT2D eigenvalue weighted by Gasteiger charge is 2.75. The van der Waals surface area contributed by atoms with E-state index in [1.165, 1.54) is 24.0 Å². The van der Waals surface area contributed by atoms with Crippen molar-refractivity contribution in [3.8, 4) is 11.1 Å². The standard InChI is InChI=1S/C25H25NO4/c27-22(28)21(25-12-24(13-25,14-25)15-9-10-15)26-23(29)30-11-20-18-7-3-1-5-16(18)17-6-2-4-8-19(17)20/h1-8,15,20-21H,9-14H2,(H,26,29)(H,27,28). The summed E-state index contributed by atoms with van der Waals surface area (Å²) in [4.78, 5) is 24.5. The number of carboxylic acid groups (broad SMARTS) is 1. The number of fused-ring (bicyclic) bond motifs is 3. The number of carbonyl (C=O) groups is 2. The molecule has 154 valence electrons. The molecule has 0 radical (unpaired) electrons. The molecule has 2 aromatic carbocycles. The Labute approximate surface area is 175 Å². The largest absolute Gasteiger partial charge is 0.480 e. The third-order valence-corrected chi connectivity index (χ3v) is 8.02. The van der Waals surface area contributed by atoms with Gasteiger partial charge in [-0.3, -0.25) is 0 Å². The predicted octanol–water partition coefficient (Wildman–Crippen LogP) is 4.56. The van der Waals surface area contributed by atoms with Crippen molar-refractivity contribution in [1.82, 2.24) is 5.32 Å². The van der Waals surface area contributed by atoms with Gasteiger partial charge < -0.3 is 15.2 Å². The fraction of sp³-hybridized carbons (Fsp3) is 0.440. The molecule has 5 heteroatoms. The van der Waals surface area contributed by atoms with Crippen LogP contribution in [0.25, 0.3) is 11.1 Å². The molecule has 4 saturated carbocycles. The van der Waals surface area contributed by atoms with E-state index in [1.54, 1.807) is 0 Å². The minimum absolute atomic E-state index is 0.0282. The van der Waals surface area contributed by atoms with Crippen molar-refractivity contribution in [2.45, 2.75) is 44.1 Å². The van der Waals surface area contributed by atoms with Gasteiger partial charge in [-0.25, -0.2) is 9.59 Å². The smallest absolute Gasteiger partial charge is 0.407 e. The summed E-state index contributed by atoms with van der Waals surface area (Å²) < 4.78 is 5.57. The Bertz CT molecular complexity index is 991. The average molecular weight is 403 g/mol. The molecule has 4 fully saturated rings. The second kappa shape index (κ2) is 6.10. The third-order valence-electron chi connectivity index (χ3n) is 8.02. The maximum atomic E-state index is 12.6. The normalized spacial score (nSPS) is 29.1. The van der Waals surface area contributed by atoms with Gasteiger partial charge in [-0.15, -0.1) is 0 Å². The predicted molar refractivity (Wildman–Crippen MR) is 111 cm³/mol. The second-order valence-corrected chi connectivity index (χ2v) is 9.77. The lowest BCUT2D eigenvalue weighted by atomic mass is 9.31. The number of nitrogens with one attached hydrogen (secondary N) is 1. The lowest BCUT2D eigenvalue weighted by Crippen LogP contribution is -2.72. The zero-order valence-electron chi connectivity index (χ0n) is 16.8. The molecule has 1 unspecified atom stereocenters. The van der Waals surface area contributed by atoms with E-state index < -0.39 is 18.1 Å². The monoisotopic (exact) mass is 403 g/mol. The summed E-state index contributed by atoms with van der Waals surface area (Å²) >= 11 is 0. The molecule has 0 spiro atoms. The minimum Gasteiger partial charge on any atom is -0.480 e. The quantitative estimate of drug-likeness (QED) is 0.741. The average Bonchev–Trinajstić information content (AvgIpc) is 3.46. The second-order valence-electron chi connectivity index (χ2n) is 9.77. The number of aliphatic carboxylic acids is 1. The Balaban J connectivity index is 1.14. The van der Waals surface area contributed by atoms with E-state index in [0.717, 1.165) is 36.3 Å². The number of ether oxygens (including phenoxy) is 1. The van der Waals surface area contributed by atoms with Crippen LogP contribution >= 0.6 is 0 Å². The zero-order chi connectivity index (χ0) is 20.5. The van der Waals surface area contributed by atoms with Gasteiger partial charge in [0.05, 0.1) is 0 Å². The fourth-order valence-corrected chi connectivity index (χ4v) is 6.62.